The molecule has 17 heavy (non-hydrogen) atoms. The average molecular weight is 254 g/mol. The molecule has 3 nitrogen and oxygen atoms in total. The van der Waals surface area contributed by atoms with Crippen LogP contribution >= 0.6 is 11.3 Å². The van der Waals surface area contributed by atoms with Crippen LogP contribution in [0.15, 0.2) is 5.38 Å². The van der Waals surface area contributed by atoms with Gasteiger partial charge in [0, 0.05) is 24.6 Å². The number of nitrogens with zero attached hydrogens (tertiary/aromatic N) is 1. The van der Waals surface area contributed by atoms with Gasteiger partial charge in [-0.05, 0) is 25.7 Å². The van der Waals surface area contributed by atoms with Crippen LogP contribution in [0.1, 0.15) is 50.4 Å². The Morgan fingerprint density at radius 3 is 2.88 bits per heavy atom. The number of ether oxygens (including phenoxy) is 1. The lowest BCUT2D eigenvalue weighted by molar-refractivity contribution is 0.0461. The summed E-state index contributed by atoms with van der Waals surface area (Å²) in [6.07, 6.45) is 2.84. The van der Waals surface area contributed by atoms with E-state index in [9.17, 15) is 0 Å². The molecule has 0 radical (unpaired) electrons. The summed E-state index contributed by atoms with van der Waals surface area (Å²) < 4.78 is 5.82. The van der Waals surface area contributed by atoms with Gasteiger partial charge in [0.2, 0.25) is 0 Å². The van der Waals surface area contributed by atoms with Gasteiger partial charge in [-0.1, -0.05) is 13.8 Å². The van der Waals surface area contributed by atoms with E-state index in [1.165, 1.54) is 12.8 Å². The number of thiazole rings is 1. The average Bonchev–Trinajstić information content (AvgIpc) is 3.02. The van der Waals surface area contributed by atoms with Gasteiger partial charge in [0.15, 0.2) is 0 Å². The number of hydrogen-bond donors (Lipinski definition) is 1. The smallest absolute Gasteiger partial charge is 0.122 e. The van der Waals surface area contributed by atoms with Crippen LogP contribution in [0, 0.1) is 5.92 Å². The molecule has 1 unspecified atom stereocenters. The van der Waals surface area contributed by atoms with Crippen molar-refractivity contribution in [3.05, 3.63) is 16.1 Å². The lowest BCUT2D eigenvalue weighted by Gasteiger charge is -2.13. The Hall–Kier alpha value is -0.450. The highest BCUT2D eigenvalue weighted by molar-refractivity contribution is 7.09. The van der Waals surface area contributed by atoms with E-state index in [0.717, 1.165) is 23.9 Å². The SMILES string of the molecule is CCOC(c1nc(CNC(C)C)cs1)C1CC1. The van der Waals surface area contributed by atoms with Crippen molar-refractivity contribution in [1.29, 1.82) is 0 Å². The fraction of sp³-hybridized carbons (Fsp3) is 0.769. The summed E-state index contributed by atoms with van der Waals surface area (Å²) >= 11 is 1.74. The van der Waals surface area contributed by atoms with Gasteiger partial charge in [0.25, 0.3) is 0 Å². The minimum absolute atomic E-state index is 0.248. The van der Waals surface area contributed by atoms with E-state index in [2.05, 4.69) is 31.5 Å². The van der Waals surface area contributed by atoms with Crippen LogP contribution in [0.3, 0.4) is 0 Å². The predicted octanol–water partition coefficient (Wildman–Crippen LogP) is 3.13. The molecule has 1 aromatic rings. The molecule has 1 heterocycles. The number of aromatic nitrogens is 1. The first-order valence-corrected chi connectivity index (χ1v) is 7.38. The Bertz CT molecular complexity index is 347. The van der Waals surface area contributed by atoms with E-state index in [0.29, 0.717) is 12.0 Å². The molecule has 4 heteroatoms. The summed E-state index contributed by atoms with van der Waals surface area (Å²) in [6, 6.07) is 0.506. The van der Waals surface area contributed by atoms with Crippen molar-refractivity contribution < 1.29 is 4.74 Å². The number of nitrogens with one attached hydrogen (secondary N) is 1. The lowest BCUT2D eigenvalue weighted by atomic mass is 10.2. The summed E-state index contributed by atoms with van der Waals surface area (Å²) in [6.45, 7) is 8.00. The normalized spacial score (nSPS) is 17.6. The number of hydrogen-bond acceptors (Lipinski definition) is 4. The fourth-order valence-corrected chi connectivity index (χ4v) is 2.79. The summed E-state index contributed by atoms with van der Waals surface area (Å²) in [7, 11) is 0. The van der Waals surface area contributed by atoms with Crippen molar-refractivity contribution in [2.45, 2.75) is 52.3 Å². The minimum Gasteiger partial charge on any atom is -0.371 e. The maximum Gasteiger partial charge on any atom is 0.122 e. The quantitative estimate of drug-likeness (QED) is 0.811. The van der Waals surface area contributed by atoms with Crippen LogP contribution in [0.2, 0.25) is 0 Å². The first-order valence-electron chi connectivity index (χ1n) is 6.50. The van der Waals surface area contributed by atoms with Crippen LogP contribution in [0.4, 0.5) is 0 Å². The van der Waals surface area contributed by atoms with Crippen LogP contribution in [-0.4, -0.2) is 17.6 Å². The van der Waals surface area contributed by atoms with Gasteiger partial charge < -0.3 is 10.1 Å². The van der Waals surface area contributed by atoms with Gasteiger partial charge in [-0.3, -0.25) is 0 Å². The Morgan fingerprint density at radius 2 is 2.29 bits per heavy atom. The molecule has 1 aromatic heterocycles. The van der Waals surface area contributed by atoms with Crippen molar-refractivity contribution in [1.82, 2.24) is 10.3 Å². The zero-order valence-electron chi connectivity index (χ0n) is 10.9. The zero-order chi connectivity index (χ0) is 12.3. The van der Waals surface area contributed by atoms with Gasteiger partial charge >= 0.3 is 0 Å². The second-order valence-electron chi connectivity index (χ2n) is 4.93. The van der Waals surface area contributed by atoms with Crippen molar-refractivity contribution in [3.8, 4) is 0 Å². The third-order valence-corrected chi connectivity index (χ3v) is 3.86. The molecule has 1 saturated carbocycles. The van der Waals surface area contributed by atoms with Crippen LogP contribution in [-0.2, 0) is 11.3 Å². The zero-order valence-corrected chi connectivity index (χ0v) is 11.7. The van der Waals surface area contributed by atoms with Gasteiger partial charge in [-0.15, -0.1) is 11.3 Å². The van der Waals surface area contributed by atoms with E-state index in [-0.39, 0.29) is 6.10 Å². The Balaban J connectivity index is 1.95. The first kappa shape index (κ1) is 13.0. The fourth-order valence-electron chi connectivity index (χ4n) is 1.83. The summed E-state index contributed by atoms with van der Waals surface area (Å²) in [5.74, 6) is 0.715. The molecule has 1 fully saturated rings. The molecule has 0 aromatic carbocycles. The van der Waals surface area contributed by atoms with E-state index >= 15 is 0 Å². The van der Waals surface area contributed by atoms with Gasteiger partial charge in [0.05, 0.1) is 5.69 Å². The second-order valence-corrected chi connectivity index (χ2v) is 5.82. The monoisotopic (exact) mass is 254 g/mol. The van der Waals surface area contributed by atoms with Gasteiger partial charge in [-0.2, -0.15) is 0 Å². The molecule has 1 atom stereocenters. The van der Waals surface area contributed by atoms with Crippen LogP contribution < -0.4 is 5.32 Å². The third-order valence-electron chi connectivity index (χ3n) is 2.90. The molecule has 0 aliphatic heterocycles. The molecular formula is C13H22N2OS. The maximum atomic E-state index is 5.82. The summed E-state index contributed by atoms with van der Waals surface area (Å²) in [5.41, 5.74) is 1.14. The number of rotatable bonds is 7. The summed E-state index contributed by atoms with van der Waals surface area (Å²) in [5, 5.41) is 6.71. The predicted molar refractivity (Wildman–Crippen MR) is 71.2 cm³/mol. The molecule has 1 N–H and O–H groups in total. The highest BCUT2D eigenvalue weighted by Gasteiger charge is 2.34. The molecule has 0 bridgehead atoms. The van der Waals surface area contributed by atoms with Crippen molar-refractivity contribution in [2.24, 2.45) is 5.92 Å². The standard InChI is InChI=1S/C13H22N2OS/c1-4-16-12(10-5-6-10)13-15-11(8-17-13)7-14-9(2)3/h8-10,12,14H,4-7H2,1-3H3. The third kappa shape index (κ3) is 3.76. The molecule has 0 saturated heterocycles. The van der Waals surface area contributed by atoms with Gasteiger partial charge in [-0.25, -0.2) is 4.98 Å². The minimum atomic E-state index is 0.248. The topological polar surface area (TPSA) is 34.1 Å². The van der Waals surface area contributed by atoms with Crippen molar-refractivity contribution in [2.75, 3.05) is 6.61 Å². The molecule has 1 aliphatic rings. The molecule has 1 aliphatic carbocycles. The molecule has 96 valence electrons. The maximum absolute atomic E-state index is 5.82. The first-order chi connectivity index (χ1) is 8.20. The Labute approximate surface area is 108 Å². The summed E-state index contributed by atoms with van der Waals surface area (Å²) in [4.78, 5) is 4.69. The highest BCUT2D eigenvalue weighted by Crippen LogP contribution is 2.44. The van der Waals surface area contributed by atoms with E-state index in [1.54, 1.807) is 11.3 Å². The van der Waals surface area contributed by atoms with Crippen molar-refractivity contribution in [3.63, 3.8) is 0 Å². The molecular weight excluding hydrogens is 232 g/mol. The van der Waals surface area contributed by atoms with Crippen LogP contribution in [0.5, 0.6) is 0 Å². The Morgan fingerprint density at radius 1 is 1.53 bits per heavy atom. The van der Waals surface area contributed by atoms with Gasteiger partial charge in [0.1, 0.15) is 11.1 Å². The van der Waals surface area contributed by atoms with E-state index in [4.69, 9.17) is 9.72 Å². The molecule has 0 spiro atoms. The van der Waals surface area contributed by atoms with E-state index < -0.39 is 0 Å². The Kier molecular flexibility index (Phi) is 4.54. The van der Waals surface area contributed by atoms with Crippen LogP contribution in [0.25, 0.3) is 0 Å². The van der Waals surface area contributed by atoms with E-state index in [1.807, 2.05) is 0 Å². The molecule has 0 amide bonds. The lowest BCUT2D eigenvalue weighted by Crippen LogP contribution is -2.22. The molecule has 2 rings (SSSR count). The largest absolute Gasteiger partial charge is 0.371 e. The highest BCUT2D eigenvalue weighted by atomic mass is 32.1. The van der Waals surface area contributed by atoms with Crippen molar-refractivity contribution >= 4 is 11.3 Å². The second kappa shape index (κ2) is 5.94.